The van der Waals surface area contributed by atoms with E-state index in [1.165, 1.54) is 6.33 Å². The lowest BCUT2D eigenvalue weighted by atomic mass is 10.4. The number of rotatable bonds is 5. The topological polar surface area (TPSA) is 73.6 Å². The molecule has 5 heteroatoms. The fourth-order valence-corrected chi connectivity index (χ4v) is 1.08. The fourth-order valence-electron chi connectivity index (χ4n) is 1.08. The van der Waals surface area contributed by atoms with Crippen LogP contribution in [0.15, 0.2) is 12.4 Å². The lowest BCUT2D eigenvalue weighted by Crippen LogP contribution is -2.12. The van der Waals surface area contributed by atoms with E-state index in [9.17, 15) is 0 Å². The zero-order valence-electron chi connectivity index (χ0n) is 8.99. The Morgan fingerprint density at radius 3 is 2.80 bits per heavy atom. The number of anilines is 2. The van der Waals surface area contributed by atoms with Crippen molar-refractivity contribution in [2.75, 3.05) is 17.2 Å². The lowest BCUT2D eigenvalue weighted by Gasteiger charge is -2.09. The van der Waals surface area contributed by atoms with Crippen LogP contribution in [0.5, 0.6) is 0 Å². The van der Waals surface area contributed by atoms with Gasteiger partial charge in [0.2, 0.25) is 0 Å². The molecule has 1 aromatic rings. The van der Waals surface area contributed by atoms with Crippen molar-refractivity contribution in [3.05, 3.63) is 12.4 Å². The van der Waals surface area contributed by atoms with Gasteiger partial charge in [0.25, 0.3) is 0 Å². The zero-order chi connectivity index (χ0) is 11.1. The first-order valence-electron chi connectivity index (χ1n) is 4.92. The van der Waals surface area contributed by atoms with Crippen molar-refractivity contribution in [2.24, 2.45) is 0 Å². The van der Waals surface area contributed by atoms with Crippen LogP contribution in [0.25, 0.3) is 0 Å². The molecule has 0 aliphatic carbocycles. The van der Waals surface area contributed by atoms with Crippen LogP contribution in [0.2, 0.25) is 0 Å². The van der Waals surface area contributed by atoms with Crippen molar-refractivity contribution in [3.63, 3.8) is 0 Å². The zero-order valence-corrected chi connectivity index (χ0v) is 8.99. The summed E-state index contributed by atoms with van der Waals surface area (Å²) in [7, 11) is 0. The van der Waals surface area contributed by atoms with Gasteiger partial charge in [-0.25, -0.2) is 9.97 Å². The number of aromatic nitrogens is 2. The second kappa shape index (κ2) is 5.81. The van der Waals surface area contributed by atoms with E-state index in [0.717, 1.165) is 11.6 Å². The molecule has 0 saturated carbocycles. The predicted molar refractivity (Wildman–Crippen MR) is 59.5 cm³/mol. The molecule has 1 aromatic heterocycles. The molecule has 1 heterocycles. The van der Waals surface area contributed by atoms with Crippen LogP contribution < -0.4 is 10.6 Å². The Bertz CT molecular complexity index is 342. The highest BCUT2D eigenvalue weighted by Crippen LogP contribution is 2.09. The maximum atomic E-state index is 8.38. The maximum absolute atomic E-state index is 8.38. The fraction of sp³-hybridized carbons (Fsp3) is 0.500. The number of hydrogen-bond acceptors (Lipinski definition) is 5. The van der Waals surface area contributed by atoms with E-state index < -0.39 is 0 Å². The Hall–Kier alpha value is -1.83. The van der Waals surface area contributed by atoms with Crippen LogP contribution >= 0.6 is 0 Å². The van der Waals surface area contributed by atoms with Crippen LogP contribution in [0, 0.1) is 11.3 Å². The first-order chi connectivity index (χ1) is 7.22. The molecule has 0 fully saturated rings. The van der Waals surface area contributed by atoms with Gasteiger partial charge in [-0.15, -0.1) is 0 Å². The summed E-state index contributed by atoms with van der Waals surface area (Å²) in [6.45, 7) is 4.70. The highest BCUT2D eigenvalue weighted by atomic mass is 15.1. The standard InChI is InChI=1S/C10H15N5/c1-8(2)15-10-6-9(13-7-14-10)12-5-3-4-11/h6-8H,3,5H2,1-2H3,(H2,12,13,14,15). The van der Waals surface area contributed by atoms with E-state index >= 15 is 0 Å². The van der Waals surface area contributed by atoms with Crippen LogP contribution in [0.3, 0.4) is 0 Å². The molecule has 0 aliphatic rings. The SMILES string of the molecule is CC(C)Nc1cc(NCCC#N)ncn1. The van der Waals surface area contributed by atoms with Gasteiger partial charge in [0.1, 0.15) is 18.0 Å². The quantitative estimate of drug-likeness (QED) is 0.714. The molecule has 0 aliphatic heterocycles. The summed E-state index contributed by atoms with van der Waals surface area (Å²) in [5.41, 5.74) is 0. The summed E-state index contributed by atoms with van der Waals surface area (Å²) in [6.07, 6.45) is 1.97. The summed E-state index contributed by atoms with van der Waals surface area (Å²) in [6, 6.07) is 4.23. The summed E-state index contributed by atoms with van der Waals surface area (Å²) in [5, 5.41) is 14.6. The molecule has 0 aromatic carbocycles. The smallest absolute Gasteiger partial charge is 0.131 e. The highest BCUT2D eigenvalue weighted by Gasteiger charge is 1.99. The van der Waals surface area contributed by atoms with Gasteiger partial charge in [-0.1, -0.05) is 0 Å². The molecule has 80 valence electrons. The third-order valence-electron chi connectivity index (χ3n) is 1.65. The van der Waals surface area contributed by atoms with E-state index in [2.05, 4.69) is 26.7 Å². The third-order valence-corrected chi connectivity index (χ3v) is 1.65. The van der Waals surface area contributed by atoms with E-state index in [1.54, 1.807) is 0 Å². The lowest BCUT2D eigenvalue weighted by molar-refractivity contribution is 0.886. The number of nitriles is 1. The van der Waals surface area contributed by atoms with Crippen molar-refractivity contribution in [2.45, 2.75) is 26.3 Å². The van der Waals surface area contributed by atoms with E-state index in [-0.39, 0.29) is 0 Å². The minimum atomic E-state index is 0.340. The van der Waals surface area contributed by atoms with Crippen molar-refractivity contribution in [1.82, 2.24) is 9.97 Å². The predicted octanol–water partition coefficient (Wildman–Crippen LogP) is 1.62. The van der Waals surface area contributed by atoms with Gasteiger partial charge < -0.3 is 10.6 Å². The van der Waals surface area contributed by atoms with E-state index in [4.69, 9.17) is 5.26 Å². The normalized spacial score (nSPS) is 9.73. The molecule has 0 unspecified atom stereocenters. The van der Waals surface area contributed by atoms with E-state index in [1.807, 2.05) is 19.9 Å². The second-order valence-corrected chi connectivity index (χ2v) is 3.42. The third kappa shape index (κ3) is 4.27. The molecule has 5 nitrogen and oxygen atoms in total. The van der Waals surface area contributed by atoms with Gasteiger partial charge in [-0.3, -0.25) is 0 Å². The van der Waals surface area contributed by atoms with Gasteiger partial charge in [0, 0.05) is 18.7 Å². The number of hydrogen-bond donors (Lipinski definition) is 2. The molecular weight excluding hydrogens is 190 g/mol. The van der Waals surface area contributed by atoms with Crippen LogP contribution in [0.1, 0.15) is 20.3 Å². The van der Waals surface area contributed by atoms with Crippen molar-refractivity contribution < 1.29 is 0 Å². The largest absolute Gasteiger partial charge is 0.369 e. The molecule has 0 radical (unpaired) electrons. The second-order valence-electron chi connectivity index (χ2n) is 3.42. The number of nitrogens with one attached hydrogen (secondary N) is 2. The van der Waals surface area contributed by atoms with Gasteiger partial charge in [0.05, 0.1) is 12.5 Å². The molecule has 0 amide bonds. The van der Waals surface area contributed by atoms with Crippen molar-refractivity contribution >= 4 is 11.6 Å². The Morgan fingerprint density at radius 1 is 1.40 bits per heavy atom. The van der Waals surface area contributed by atoms with Crippen molar-refractivity contribution in [3.8, 4) is 6.07 Å². The monoisotopic (exact) mass is 205 g/mol. The number of nitrogens with zero attached hydrogens (tertiary/aromatic N) is 3. The van der Waals surface area contributed by atoms with Gasteiger partial charge >= 0.3 is 0 Å². The van der Waals surface area contributed by atoms with Crippen LogP contribution in [-0.2, 0) is 0 Å². The molecule has 0 spiro atoms. The van der Waals surface area contributed by atoms with Gasteiger partial charge in [-0.05, 0) is 13.8 Å². The summed E-state index contributed by atoms with van der Waals surface area (Å²) < 4.78 is 0. The first kappa shape index (κ1) is 11.2. The average molecular weight is 205 g/mol. The molecule has 1 rings (SSSR count). The summed E-state index contributed by atoms with van der Waals surface area (Å²) in [4.78, 5) is 8.13. The Labute approximate surface area is 89.6 Å². The Morgan fingerprint density at radius 2 is 2.13 bits per heavy atom. The molecular formula is C10H15N5. The Balaban J connectivity index is 2.54. The maximum Gasteiger partial charge on any atom is 0.131 e. The van der Waals surface area contributed by atoms with Gasteiger partial charge in [0.15, 0.2) is 0 Å². The van der Waals surface area contributed by atoms with Crippen LogP contribution in [-0.4, -0.2) is 22.6 Å². The average Bonchev–Trinajstić information content (AvgIpc) is 2.18. The highest BCUT2D eigenvalue weighted by molar-refractivity contribution is 5.46. The summed E-state index contributed by atoms with van der Waals surface area (Å²) in [5.74, 6) is 1.53. The molecule has 0 atom stereocenters. The molecule has 15 heavy (non-hydrogen) atoms. The van der Waals surface area contributed by atoms with E-state index in [0.29, 0.717) is 19.0 Å². The minimum absolute atomic E-state index is 0.340. The van der Waals surface area contributed by atoms with Crippen molar-refractivity contribution in [1.29, 1.82) is 5.26 Å². The molecule has 0 bridgehead atoms. The molecule has 2 N–H and O–H groups in total. The first-order valence-corrected chi connectivity index (χ1v) is 4.92. The Kier molecular flexibility index (Phi) is 4.35. The van der Waals surface area contributed by atoms with Crippen LogP contribution in [0.4, 0.5) is 11.6 Å². The molecule has 0 saturated heterocycles. The minimum Gasteiger partial charge on any atom is -0.369 e. The summed E-state index contributed by atoms with van der Waals surface area (Å²) >= 11 is 0. The van der Waals surface area contributed by atoms with Gasteiger partial charge in [-0.2, -0.15) is 5.26 Å².